The SMILES string of the molecule is CC(C)(O)c1cncn1C1c2ccccc2C(F)(F)C1(C)C. The van der Waals surface area contributed by atoms with Gasteiger partial charge in [0.25, 0.3) is 5.92 Å². The van der Waals surface area contributed by atoms with Crippen molar-refractivity contribution >= 4 is 0 Å². The van der Waals surface area contributed by atoms with E-state index in [4.69, 9.17) is 0 Å². The van der Waals surface area contributed by atoms with Gasteiger partial charge in [-0.3, -0.25) is 0 Å². The van der Waals surface area contributed by atoms with Crippen LogP contribution in [0.1, 0.15) is 50.6 Å². The standard InChI is InChI=1S/C17H20F2N2O/c1-15(2)14(21-10-20-9-13(21)16(3,4)22)11-7-5-6-8-12(11)17(15,18)19/h5-10,14,22H,1-4H3. The van der Waals surface area contributed by atoms with Gasteiger partial charge in [-0.15, -0.1) is 0 Å². The summed E-state index contributed by atoms with van der Waals surface area (Å²) in [4.78, 5) is 4.08. The van der Waals surface area contributed by atoms with E-state index < -0.39 is 23.0 Å². The molecule has 0 fully saturated rings. The van der Waals surface area contributed by atoms with E-state index in [1.54, 1.807) is 50.5 Å². The van der Waals surface area contributed by atoms with Gasteiger partial charge >= 0.3 is 0 Å². The van der Waals surface area contributed by atoms with E-state index in [0.717, 1.165) is 0 Å². The summed E-state index contributed by atoms with van der Waals surface area (Å²) >= 11 is 0. The third kappa shape index (κ3) is 1.85. The van der Waals surface area contributed by atoms with E-state index in [1.807, 2.05) is 0 Å². The van der Waals surface area contributed by atoms with Gasteiger partial charge in [-0.25, -0.2) is 13.8 Å². The van der Waals surface area contributed by atoms with Crippen LogP contribution in [0.2, 0.25) is 0 Å². The molecule has 1 aliphatic rings. The van der Waals surface area contributed by atoms with Gasteiger partial charge in [-0.2, -0.15) is 0 Å². The fourth-order valence-electron chi connectivity index (χ4n) is 3.41. The number of imidazole rings is 1. The Balaban J connectivity index is 2.26. The molecule has 1 aromatic carbocycles. The molecule has 0 spiro atoms. The quantitative estimate of drug-likeness (QED) is 0.915. The fourth-order valence-corrected chi connectivity index (χ4v) is 3.41. The van der Waals surface area contributed by atoms with E-state index in [0.29, 0.717) is 11.3 Å². The molecule has 0 bridgehead atoms. The first-order valence-corrected chi connectivity index (χ1v) is 7.30. The van der Waals surface area contributed by atoms with Crippen molar-refractivity contribution in [2.24, 2.45) is 5.41 Å². The van der Waals surface area contributed by atoms with E-state index in [2.05, 4.69) is 4.98 Å². The van der Waals surface area contributed by atoms with Crippen LogP contribution in [0.4, 0.5) is 8.78 Å². The van der Waals surface area contributed by atoms with Gasteiger partial charge in [0, 0.05) is 5.56 Å². The number of aliphatic hydroxyl groups is 1. The smallest absolute Gasteiger partial charge is 0.280 e. The molecule has 1 aliphatic carbocycles. The summed E-state index contributed by atoms with van der Waals surface area (Å²) in [5.41, 5.74) is -1.31. The highest BCUT2D eigenvalue weighted by atomic mass is 19.3. The van der Waals surface area contributed by atoms with Gasteiger partial charge in [-0.1, -0.05) is 38.1 Å². The van der Waals surface area contributed by atoms with E-state index in [9.17, 15) is 13.9 Å². The van der Waals surface area contributed by atoms with Crippen LogP contribution in [0.15, 0.2) is 36.8 Å². The van der Waals surface area contributed by atoms with Gasteiger partial charge in [-0.05, 0) is 19.4 Å². The molecule has 0 amide bonds. The molecule has 2 aromatic rings. The van der Waals surface area contributed by atoms with Crippen LogP contribution >= 0.6 is 0 Å². The lowest BCUT2D eigenvalue weighted by Crippen LogP contribution is -2.36. The zero-order valence-electron chi connectivity index (χ0n) is 13.1. The Bertz CT molecular complexity index is 713. The van der Waals surface area contributed by atoms with Crippen molar-refractivity contribution in [1.29, 1.82) is 0 Å². The highest BCUT2D eigenvalue weighted by Gasteiger charge is 2.61. The van der Waals surface area contributed by atoms with Gasteiger partial charge in [0.2, 0.25) is 0 Å². The summed E-state index contributed by atoms with van der Waals surface area (Å²) in [7, 11) is 0. The Morgan fingerprint density at radius 2 is 1.86 bits per heavy atom. The maximum absolute atomic E-state index is 14.9. The molecule has 3 rings (SSSR count). The van der Waals surface area contributed by atoms with E-state index in [1.165, 1.54) is 18.6 Å². The van der Waals surface area contributed by atoms with Crippen LogP contribution in [0.3, 0.4) is 0 Å². The molecule has 1 heterocycles. The monoisotopic (exact) mass is 306 g/mol. The number of alkyl halides is 2. The number of fused-ring (bicyclic) bond motifs is 1. The molecule has 0 aliphatic heterocycles. The molecule has 1 aromatic heterocycles. The van der Waals surface area contributed by atoms with Crippen molar-refractivity contribution in [2.45, 2.75) is 45.3 Å². The molecule has 1 N–H and O–H groups in total. The van der Waals surface area contributed by atoms with Gasteiger partial charge in [0.1, 0.15) is 5.60 Å². The van der Waals surface area contributed by atoms with Crippen LogP contribution in [0.25, 0.3) is 0 Å². The lowest BCUT2D eigenvalue weighted by molar-refractivity contribution is -0.114. The van der Waals surface area contributed by atoms with Crippen LogP contribution in [0, 0.1) is 5.41 Å². The Hall–Kier alpha value is -1.75. The van der Waals surface area contributed by atoms with Crippen LogP contribution in [-0.4, -0.2) is 14.7 Å². The zero-order chi connectivity index (χ0) is 16.3. The molecule has 0 radical (unpaired) electrons. The first kappa shape index (κ1) is 15.2. The number of benzene rings is 1. The summed E-state index contributed by atoms with van der Waals surface area (Å²) in [6, 6.07) is 6.04. The van der Waals surface area contributed by atoms with Gasteiger partial charge in [0.05, 0.1) is 29.7 Å². The van der Waals surface area contributed by atoms with Gasteiger partial charge < -0.3 is 9.67 Å². The number of hydrogen-bond acceptors (Lipinski definition) is 2. The Morgan fingerprint density at radius 1 is 1.23 bits per heavy atom. The molecule has 1 atom stereocenters. The fraction of sp³-hybridized carbons (Fsp3) is 0.471. The predicted molar refractivity (Wildman–Crippen MR) is 79.7 cm³/mol. The number of halogens is 2. The number of nitrogens with zero attached hydrogens (tertiary/aromatic N) is 2. The molecule has 22 heavy (non-hydrogen) atoms. The highest BCUT2D eigenvalue weighted by molar-refractivity contribution is 5.43. The second-order valence-electron chi connectivity index (χ2n) is 7.03. The van der Waals surface area contributed by atoms with Crippen molar-refractivity contribution in [2.75, 3.05) is 0 Å². The van der Waals surface area contributed by atoms with Crippen molar-refractivity contribution in [3.05, 3.63) is 53.6 Å². The Morgan fingerprint density at radius 3 is 2.50 bits per heavy atom. The highest BCUT2D eigenvalue weighted by Crippen LogP contribution is 2.61. The summed E-state index contributed by atoms with van der Waals surface area (Å²) in [6.45, 7) is 6.39. The zero-order valence-corrected chi connectivity index (χ0v) is 13.1. The normalized spacial score (nSPS) is 22.6. The molecular formula is C17H20F2N2O. The van der Waals surface area contributed by atoms with E-state index in [-0.39, 0.29) is 5.56 Å². The van der Waals surface area contributed by atoms with Crippen LogP contribution in [0.5, 0.6) is 0 Å². The first-order valence-electron chi connectivity index (χ1n) is 7.30. The minimum Gasteiger partial charge on any atom is -0.384 e. The summed E-state index contributed by atoms with van der Waals surface area (Å²) in [6.07, 6.45) is 3.06. The maximum Gasteiger partial charge on any atom is 0.280 e. The van der Waals surface area contributed by atoms with Crippen molar-refractivity contribution in [1.82, 2.24) is 9.55 Å². The Kier molecular flexibility index (Phi) is 3.02. The third-order valence-corrected chi connectivity index (χ3v) is 4.66. The molecule has 1 unspecified atom stereocenters. The lowest BCUT2D eigenvalue weighted by atomic mass is 9.82. The first-order chi connectivity index (χ1) is 10.1. The second-order valence-corrected chi connectivity index (χ2v) is 7.03. The van der Waals surface area contributed by atoms with Crippen LogP contribution in [-0.2, 0) is 11.5 Å². The Labute approximate surface area is 128 Å². The van der Waals surface area contributed by atoms with Crippen LogP contribution < -0.4 is 0 Å². The molecule has 5 heteroatoms. The molecular weight excluding hydrogens is 286 g/mol. The summed E-state index contributed by atoms with van der Waals surface area (Å²) < 4.78 is 31.5. The average Bonchev–Trinajstić information content (AvgIpc) is 2.92. The number of hydrogen-bond donors (Lipinski definition) is 1. The summed E-state index contributed by atoms with van der Waals surface area (Å²) in [5, 5.41) is 10.3. The van der Waals surface area contributed by atoms with Crippen molar-refractivity contribution in [3.63, 3.8) is 0 Å². The van der Waals surface area contributed by atoms with Crippen molar-refractivity contribution in [3.8, 4) is 0 Å². The number of rotatable bonds is 2. The molecule has 118 valence electrons. The number of aromatic nitrogens is 2. The minimum absolute atomic E-state index is 0.0559. The topological polar surface area (TPSA) is 38.1 Å². The summed E-state index contributed by atoms with van der Waals surface area (Å²) in [5.74, 6) is -2.95. The minimum atomic E-state index is -2.95. The third-order valence-electron chi connectivity index (χ3n) is 4.66. The predicted octanol–water partition coefficient (Wildman–Crippen LogP) is 3.83. The van der Waals surface area contributed by atoms with Crippen molar-refractivity contribution < 1.29 is 13.9 Å². The molecule has 3 nitrogen and oxygen atoms in total. The molecule has 0 saturated carbocycles. The van der Waals surface area contributed by atoms with Gasteiger partial charge in [0.15, 0.2) is 0 Å². The largest absolute Gasteiger partial charge is 0.384 e. The lowest BCUT2D eigenvalue weighted by Gasteiger charge is -2.35. The van der Waals surface area contributed by atoms with E-state index >= 15 is 0 Å². The maximum atomic E-state index is 14.9. The molecule has 0 saturated heterocycles. The average molecular weight is 306 g/mol. The second kappa shape index (κ2) is 4.38.